The monoisotopic (exact) mass is 595 g/mol. The Morgan fingerprint density at radius 1 is 0.884 bits per heavy atom. The number of aromatic hydroxyl groups is 1. The fourth-order valence-electron chi connectivity index (χ4n) is 8.04. The molecule has 2 heterocycles. The maximum atomic E-state index is 15.0. The van der Waals surface area contributed by atoms with Crippen LogP contribution in [0.3, 0.4) is 0 Å². The largest absolute Gasteiger partial charge is 0.508 e. The van der Waals surface area contributed by atoms with Crippen LogP contribution < -0.4 is 10.6 Å². The number of primary amides is 1. The maximum Gasteiger partial charge on any atom is 0.328 e. The molecule has 0 spiro atoms. The molecule has 3 aromatic rings. The van der Waals surface area contributed by atoms with Crippen LogP contribution in [0.25, 0.3) is 0 Å². The zero-order valence-corrected chi connectivity index (χ0v) is 23.5. The minimum atomic E-state index is -1.45. The second kappa shape index (κ2) is 9.64. The molecule has 0 bridgehead atoms. The van der Waals surface area contributed by atoms with E-state index in [1.165, 1.54) is 11.0 Å². The van der Waals surface area contributed by atoms with Gasteiger partial charge in [0.15, 0.2) is 0 Å². The average Bonchev–Trinajstić information content (AvgIpc) is 3.38. The third-order valence-electron chi connectivity index (χ3n) is 9.59. The summed E-state index contributed by atoms with van der Waals surface area (Å²) in [4.78, 5) is 70.1. The molecule has 6 amide bonds. The number of fused-ring (bicyclic) bond motifs is 4. The van der Waals surface area contributed by atoms with Crippen molar-refractivity contribution in [3.05, 3.63) is 107 Å². The molecule has 43 heavy (non-hydrogen) atoms. The Bertz CT molecular complexity index is 1770. The number of rotatable bonds is 3. The number of hydrogen-bond donors (Lipinski definition) is 2. The molecule has 2 saturated heterocycles. The summed E-state index contributed by atoms with van der Waals surface area (Å²) in [5, 5.41) is 10.9. The van der Waals surface area contributed by atoms with Gasteiger partial charge in [0.25, 0.3) is 0 Å². The molecule has 6 atom stereocenters. The highest BCUT2D eigenvalue weighted by molar-refractivity contribution is 6.32. The summed E-state index contributed by atoms with van der Waals surface area (Å²) in [7, 11) is 0. The molecule has 0 radical (unpaired) electrons. The molecule has 9 nitrogen and oxygen atoms in total. The fraction of sp³-hybridized carbons (Fsp3) is 0.242. The highest BCUT2D eigenvalue weighted by Gasteiger charge is 2.70. The summed E-state index contributed by atoms with van der Waals surface area (Å²) in [5.74, 6) is -6.35. The van der Waals surface area contributed by atoms with E-state index in [0.29, 0.717) is 32.3 Å². The first kappa shape index (κ1) is 27.1. The molecule has 3 N–H and O–H groups in total. The van der Waals surface area contributed by atoms with Crippen molar-refractivity contribution in [3.8, 4) is 5.75 Å². The SMILES string of the molecule is NC(=O)N1C(=O)C2CC=C3C(CC4C(=O)N(c5cccc(Cl)c5)C(=O)C4(c4ccccc4)C3c3cccc(O)c3)C2C1=O. The number of carbonyl (C=O) groups is 5. The van der Waals surface area contributed by atoms with E-state index in [9.17, 15) is 29.1 Å². The van der Waals surface area contributed by atoms with Gasteiger partial charge in [-0.25, -0.2) is 9.69 Å². The number of imide groups is 4. The minimum absolute atomic E-state index is 0.0239. The van der Waals surface area contributed by atoms with Gasteiger partial charge >= 0.3 is 6.03 Å². The van der Waals surface area contributed by atoms with Crippen molar-refractivity contribution < 1.29 is 29.1 Å². The van der Waals surface area contributed by atoms with Gasteiger partial charge in [0, 0.05) is 10.9 Å². The number of halogens is 1. The number of urea groups is 1. The van der Waals surface area contributed by atoms with E-state index in [1.54, 1.807) is 42.5 Å². The molecule has 3 aromatic carbocycles. The van der Waals surface area contributed by atoms with Crippen molar-refractivity contribution in [1.29, 1.82) is 0 Å². The van der Waals surface area contributed by atoms with Crippen LogP contribution in [0.4, 0.5) is 10.5 Å². The van der Waals surface area contributed by atoms with Gasteiger partial charge in [0.2, 0.25) is 23.6 Å². The van der Waals surface area contributed by atoms with Gasteiger partial charge in [-0.2, -0.15) is 4.90 Å². The Hall–Kier alpha value is -4.76. The van der Waals surface area contributed by atoms with E-state index in [2.05, 4.69) is 0 Å². The van der Waals surface area contributed by atoms with Crippen LogP contribution in [0, 0.1) is 23.7 Å². The molecular weight excluding hydrogens is 570 g/mol. The van der Waals surface area contributed by atoms with Crippen LogP contribution in [0.1, 0.15) is 29.9 Å². The van der Waals surface area contributed by atoms with Gasteiger partial charge in [0.1, 0.15) is 5.75 Å². The van der Waals surface area contributed by atoms with Crippen LogP contribution in [0.2, 0.25) is 5.02 Å². The number of amides is 6. The van der Waals surface area contributed by atoms with Gasteiger partial charge in [-0.15, -0.1) is 0 Å². The van der Waals surface area contributed by atoms with Crippen molar-refractivity contribution in [2.75, 3.05) is 4.90 Å². The van der Waals surface area contributed by atoms with Gasteiger partial charge < -0.3 is 10.8 Å². The van der Waals surface area contributed by atoms with Crippen LogP contribution in [0.15, 0.2) is 90.5 Å². The number of nitrogens with two attached hydrogens (primary N) is 1. The third kappa shape index (κ3) is 3.67. The molecule has 2 aliphatic heterocycles. The Morgan fingerprint density at radius 2 is 1.63 bits per heavy atom. The Kier molecular flexibility index (Phi) is 6.07. The number of phenolic OH excluding ortho intramolecular Hbond substituents is 1. The highest BCUT2D eigenvalue weighted by Crippen LogP contribution is 2.64. The zero-order chi connectivity index (χ0) is 30.2. The summed E-state index contributed by atoms with van der Waals surface area (Å²) in [5.41, 5.74) is 6.23. The van der Waals surface area contributed by atoms with Gasteiger partial charge in [-0.05, 0) is 60.2 Å². The average molecular weight is 596 g/mol. The minimum Gasteiger partial charge on any atom is -0.508 e. The molecule has 10 heteroatoms. The van der Waals surface area contributed by atoms with E-state index in [1.807, 2.05) is 36.4 Å². The van der Waals surface area contributed by atoms with Gasteiger partial charge in [-0.1, -0.05) is 71.8 Å². The van der Waals surface area contributed by atoms with Crippen LogP contribution >= 0.6 is 11.6 Å². The lowest BCUT2D eigenvalue weighted by Crippen LogP contribution is -2.53. The summed E-state index contributed by atoms with van der Waals surface area (Å²) in [6.07, 6.45) is 2.12. The van der Waals surface area contributed by atoms with Crippen molar-refractivity contribution >= 4 is 46.9 Å². The fourth-order valence-corrected chi connectivity index (χ4v) is 8.22. The van der Waals surface area contributed by atoms with Crippen molar-refractivity contribution in [2.45, 2.75) is 24.2 Å². The van der Waals surface area contributed by atoms with E-state index >= 15 is 0 Å². The maximum absolute atomic E-state index is 15.0. The van der Waals surface area contributed by atoms with Crippen molar-refractivity contribution in [1.82, 2.24) is 4.90 Å². The first-order valence-electron chi connectivity index (χ1n) is 14.0. The molecule has 216 valence electrons. The lowest BCUT2D eigenvalue weighted by molar-refractivity contribution is -0.136. The molecule has 4 aliphatic rings. The van der Waals surface area contributed by atoms with E-state index in [-0.39, 0.29) is 18.6 Å². The Labute approximate surface area is 251 Å². The lowest BCUT2D eigenvalue weighted by Gasteiger charge is -2.50. The molecule has 6 unspecified atom stereocenters. The normalized spacial score (nSPS) is 29.7. The number of hydrogen-bond acceptors (Lipinski definition) is 6. The third-order valence-corrected chi connectivity index (χ3v) is 9.83. The molecular formula is C33H26ClN3O6. The summed E-state index contributed by atoms with van der Waals surface area (Å²) < 4.78 is 0. The summed E-state index contributed by atoms with van der Waals surface area (Å²) in [6.45, 7) is 0. The Balaban J connectivity index is 1.50. The summed E-state index contributed by atoms with van der Waals surface area (Å²) in [6, 6.07) is 21.0. The smallest absolute Gasteiger partial charge is 0.328 e. The van der Waals surface area contributed by atoms with E-state index in [4.69, 9.17) is 17.3 Å². The zero-order valence-electron chi connectivity index (χ0n) is 22.7. The molecule has 7 rings (SSSR count). The van der Waals surface area contributed by atoms with Gasteiger partial charge in [-0.3, -0.25) is 19.2 Å². The standard InChI is InChI=1S/C33H26ClN3O6/c34-19-9-5-10-20(15-19)36-29(40)25-16-24-22(12-13-23-26(24)30(41)37(28(23)39)32(35)43)27(17-6-4-11-21(38)14-17)33(25,31(36)42)18-7-2-1-3-8-18/h1-12,14-15,23-27,38H,13,16H2,(H2,35,43). The molecule has 2 aliphatic carbocycles. The molecule has 1 saturated carbocycles. The Morgan fingerprint density at radius 3 is 2.33 bits per heavy atom. The number of phenols is 1. The second-order valence-corrected chi connectivity index (χ2v) is 12.0. The number of carbonyl (C=O) groups excluding carboxylic acids is 5. The van der Waals surface area contributed by atoms with E-state index in [0.717, 1.165) is 0 Å². The van der Waals surface area contributed by atoms with Crippen LogP contribution in [-0.2, 0) is 24.6 Å². The first-order chi connectivity index (χ1) is 20.7. The van der Waals surface area contributed by atoms with Gasteiger partial charge in [0.05, 0.1) is 28.9 Å². The predicted molar refractivity (Wildman–Crippen MR) is 156 cm³/mol. The topological polar surface area (TPSA) is 138 Å². The number of nitrogens with zero attached hydrogens (tertiary/aromatic N) is 2. The number of benzene rings is 3. The quantitative estimate of drug-likeness (QED) is 0.342. The molecule has 0 aromatic heterocycles. The highest BCUT2D eigenvalue weighted by atomic mass is 35.5. The second-order valence-electron chi connectivity index (χ2n) is 11.5. The van der Waals surface area contributed by atoms with Crippen LogP contribution in [-0.4, -0.2) is 39.7 Å². The van der Waals surface area contributed by atoms with Crippen LogP contribution in [0.5, 0.6) is 5.75 Å². The number of allylic oxidation sites excluding steroid dienone is 2. The number of likely N-dealkylation sites (tertiary alicyclic amines) is 1. The van der Waals surface area contributed by atoms with Crippen molar-refractivity contribution in [3.63, 3.8) is 0 Å². The first-order valence-corrected chi connectivity index (χ1v) is 14.4. The van der Waals surface area contributed by atoms with Crippen molar-refractivity contribution in [2.24, 2.45) is 29.4 Å². The number of anilines is 1. The molecule has 3 fully saturated rings. The van der Waals surface area contributed by atoms with E-state index < -0.39 is 64.7 Å². The predicted octanol–water partition coefficient (Wildman–Crippen LogP) is 4.29. The summed E-state index contributed by atoms with van der Waals surface area (Å²) >= 11 is 6.30. The lowest BCUT2D eigenvalue weighted by atomic mass is 9.49.